The Kier molecular flexibility index (Phi) is 5.72. The molecule has 1 N–H and O–H groups in total. The molecule has 0 amide bonds. The van der Waals surface area contributed by atoms with E-state index in [4.69, 9.17) is 23.2 Å². The Morgan fingerprint density at radius 3 is 2.46 bits per heavy atom. The lowest BCUT2D eigenvalue weighted by atomic mass is 10.0. The Hall–Kier alpha value is -2.66. The second kappa shape index (κ2) is 8.57. The van der Waals surface area contributed by atoms with Crippen LogP contribution in [0.25, 0.3) is 22.4 Å². The van der Waals surface area contributed by atoms with Gasteiger partial charge in [0.05, 0.1) is 22.0 Å². The second-order valence-corrected chi connectivity index (χ2v) is 7.66. The zero-order valence-electron chi connectivity index (χ0n) is 14.6. The lowest BCUT2D eigenvalue weighted by Crippen LogP contribution is -1.93. The van der Waals surface area contributed by atoms with Crippen molar-refractivity contribution in [3.8, 4) is 22.4 Å². The molecule has 0 unspecified atom stereocenters. The molecule has 0 aliphatic rings. The van der Waals surface area contributed by atoms with Crippen molar-refractivity contribution in [3.05, 3.63) is 93.8 Å². The molecule has 0 atom stereocenters. The van der Waals surface area contributed by atoms with E-state index in [-0.39, 0.29) is 0 Å². The molecule has 4 rings (SSSR count). The van der Waals surface area contributed by atoms with Gasteiger partial charge in [-0.25, -0.2) is 4.98 Å². The molecule has 0 aliphatic carbocycles. The molecule has 0 radical (unpaired) electrons. The van der Waals surface area contributed by atoms with Crippen molar-refractivity contribution in [2.75, 3.05) is 5.43 Å². The summed E-state index contributed by atoms with van der Waals surface area (Å²) in [5.74, 6) is 0. The first kappa shape index (κ1) is 18.7. The molecule has 138 valence electrons. The minimum absolute atomic E-state index is 0.528. The van der Waals surface area contributed by atoms with Crippen LogP contribution in [0.3, 0.4) is 0 Å². The number of nitrogens with zero attached hydrogens (tertiary/aromatic N) is 2. The van der Waals surface area contributed by atoms with Crippen LogP contribution in [0.1, 0.15) is 5.56 Å². The van der Waals surface area contributed by atoms with E-state index in [0.717, 1.165) is 33.1 Å². The zero-order chi connectivity index (χ0) is 19.3. The minimum Gasteiger partial charge on any atom is -0.253 e. The van der Waals surface area contributed by atoms with E-state index < -0.39 is 0 Å². The molecule has 0 spiro atoms. The van der Waals surface area contributed by atoms with E-state index in [1.807, 2.05) is 72.1 Å². The quantitative estimate of drug-likeness (QED) is 0.271. The molecule has 3 aromatic carbocycles. The van der Waals surface area contributed by atoms with E-state index in [0.29, 0.717) is 10.0 Å². The summed E-state index contributed by atoms with van der Waals surface area (Å²) >= 11 is 13.7. The van der Waals surface area contributed by atoms with Crippen LogP contribution in [-0.4, -0.2) is 11.2 Å². The standard InChI is InChI=1S/C22H15Cl2N3S/c23-19-11-10-16(12-20(19)24)18-9-5-4-8-17(18)13-25-27-22-26-21(14-28-22)15-6-2-1-3-7-15/h1-14H,(H,26,27). The fourth-order valence-corrected chi connectivity index (χ4v) is 3.73. The molecular weight excluding hydrogens is 409 g/mol. The number of aromatic nitrogens is 1. The maximum absolute atomic E-state index is 6.17. The molecule has 28 heavy (non-hydrogen) atoms. The van der Waals surface area contributed by atoms with Gasteiger partial charge < -0.3 is 0 Å². The van der Waals surface area contributed by atoms with Gasteiger partial charge in [0.1, 0.15) is 0 Å². The van der Waals surface area contributed by atoms with Gasteiger partial charge in [-0.15, -0.1) is 11.3 Å². The fraction of sp³-hybridized carbons (Fsp3) is 0. The zero-order valence-corrected chi connectivity index (χ0v) is 17.0. The molecule has 0 saturated carbocycles. The van der Waals surface area contributed by atoms with Crippen LogP contribution in [0.2, 0.25) is 10.0 Å². The number of anilines is 1. The Morgan fingerprint density at radius 1 is 0.857 bits per heavy atom. The van der Waals surface area contributed by atoms with Gasteiger partial charge in [-0.3, -0.25) is 5.43 Å². The predicted molar refractivity (Wildman–Crippen MR) is 121 cm³/mol. The third kappa shape index (κ3) is 4.25. The Morgan fingerprint density at radius 2 is 1.64 bits per heavy atom. The normalized spacial score (nSPS) is 11.1. The first-order valence-electron chi connectivity index (χ1n) is 8.55. The van der Waals surface area contributed by atoms with Crippen LogP contribution < -0.4 is 5.43 Å². The molecule has 4 aromatic rings. The summed E-state index contributed by atoms with van der Waals surface area (Å²) in [5, 5.41) is 8.17. The molecule has 0 fully saturated rings. The molecule has 0 bridgehead atoms. The van der Waals surface area contributed by atoms with Crippen molar-refractivity contribution in [2.45, 2.75) is 0 Å². The monoisotopic (exact) mass is 423 g/mol. The summed E-state index contributed by atoms with van der Waals surface area (Å²) in [4.78, 5) is 4.58. The molecule has 1 aromatic heterocycles. The van der Waals surface area contributed by atoms with E-state index in [1.165, 1.54) is 11.3 Å². The highest BCUT2D eigenvalue weighted by Gasteiger charge is 2.06. The number of hydrogen-bond donors (Lipinski definition) is 1. The van der Waals surface area contributed by atoms with Gasteiger partial charge in [0.25, 0.3) is 0 Å². The third-order valence-electron chi connectivity index (χ3n) is 4.13. The average molecular weight is 424 g/mol. The van der Waals surface area contributed by atoms with Gasteiger partial charge in [-0.1, -0.05) is 83.9 Å². The van der Waals surface area contributed by atoms with E-state index >= 15 is 0 Å². The minimum atomic E-state index is 0.528. The number of hydrazone groups is 1. The molecule has 1 heterocycles. The van der Waals surface area contributed by atoms with Crippen molar-refractivity contribution in [1.29, 1.82) is 0 Å². The van der Waals surface area contributed by atoms with Gasteiger partial charge in [-0.05, 0) is 23.3 Å². The number of nitrogens with one attached hydrogen (secondary N) is 1. The molecular formula is C22H15Cl2N3S. The van der Waals surface area contributed by atoms with Crippen molar-refractivity contribution in [3.63, 3.8) is 0 Å². The van der Waals surface area contributed by atoms with Crippen LogP contribution in [0.4, 0.5) is 5.13 Å². The predicted octanol–water partition coefficient (Wildman–Crippen LogP) is 7.23. The van der Waals surface area contributed by atoms with Crippen molar-refractivity contribution < 1.29 is 0 Å². The topological polar surface area (TPSA) is 37.3 Å². The Bertz CT molecular complexity index is 1120. The van der Waals surface area contributed by atoms with E-state index in [1.54, 1.807) is 12.3 Å². The smallest absolute Gasteiger partial charge is 0.203 e. The van der Waals surface area contributed by atoms with Gasteiger partial charge in [0.15, 0.2) is 0 Å². The summed E-state index contributed by atoms with van der Waals surface area (Å²) in [6, 6.07) is 23.6. The van der Waals surface area contributed by atoms with Crippen LogP contribution in [0.15, 0.2) is 83.3 Å². The number of hydrogen-bond acceptors (Lipinski definition) is 4. The van der Waals surface area contributed by atoms with Gasteiger partial charge in [-0.2, -0.15) is 5.10 Å². The Labute approximate surface area is 177 Å². The summed E-state index contributed by atoms with van der Waals surface area (Å²) in [5.41, 5.74) is 8.00. The third-order valence-corrected chi connectivity index (χ3v) is 5.61. The molecule has 6 heteroatoms. The lowest BCUT2D eigenvalue weighted by Gasteiger charge is -2.07. The maximum Gasteiger partial charge on any atom is 0.203 e. The van der Waals surface area contributed by atoms with E-state index in [2.05, 4.69) is 15.5 Å². The first-order valence-corrected chi connectivity index (χ1v) is 10.2. The van der Waals surface area contributed by atoms with Gasteiger partial charge in [0.2, 0.25) is 5.13 Å². The van der Waals surface area contributed by atoms with Crippen LogP contribution in [0, 0.1) is 0 Å². The highest BCUT2D eigenvalue weighted by Crippen LogP contribution is 2.30. The maximum atomic E-state index is 6.17. The summed E-state index contributed by atoms with van der Waals surface area (Å²) in [7, 11) is 0. The largest absolute Gasteiger partial charge is 0.253 e. The van der Waals surface area contributed by atoms with Crippen molar-refractivity contribution in [2.24, 2.45) is 5.10 Å². The highest BCUT2D eigenvalue weighted by atomic mass is 35.5. The van der Waals surface area contributed by atoms with Gasteiger partial charge >= 0.3 is 0 Å². The van der Waals surface area contributed by atoms with Crippen LogP contribution >= 0.6 is 34.5 Å². The fourth-order valence-electron chi connectivity index (χ4n) is 2.76. The first-order chi connectivity index (χ1) is 13.7. The summed E-state index contributed by atoms with van der Waals surface area (Å²) in [6.45, 7) is 0. The summed E-state index contributed by atoms with van der Waals surface area (Å²) < 4.78 is 0. The average Bonchev–Trinajstić information content (AvgIpc) is 3.20. The number of rotatable bonds is 5. The number of thiazole rings is 1. The van der Waals surface area contributed by atoms with Crippen molar-refractivity contribution in [1.82, 2.24) is 4.98 Å². The van der Waals surface area contributed by atoms with Crippen LogP contribution in [-0.2, 0) is 0 Å². The van der Waals surface area contributed by atoms with Gasteiger partial charge in [0, 0.05) is 16.5 Å². The second-order valence-electron chi connectivity index (χ2n) is 5.99. The molecule has 0 saturated heterocycles. The lowest BCUT2D eigenvalue weighted by molar-refractivity contribution is 1.29. The summed E-state index contributed by atoms with van der Waals surface area (Å²) in [6.07, 6.45) is 1.78. The van der Waals surface area contributed by atoms with E-state index in [9.17, 15) is 0 Å². The molecule has 3 nitrogen and oxygen atoms in total. The molecule has 0 aliphatic heterocycles. The highest BCUT2D eigenvalue weighted by molar-refractivity contribution is 7.14. The Balaban J connectivity index is 1.53. The van der Waals surface area contributed by atoms with Crippen LogP contribution in [0.5, 0.6) is 0 Å². The SMILES string of the molecule is Clc1ccc(-c2ccccc2C=NNc2nc(-c3ccccc3)cs2)cc1Cl. The number of halogens is 2. The van der Waals surface area contributed by atoms with Crippen molar-refractivity contribution >= 4 is 45.9 Å². The number of benzene rings is 3.